The number of rotatable bonds is 4. The minimum atomic E-state index is -0.137. The molecule has 3 aromatic rings. The molecule has 2 N–H and O–H groups in total. The summed E-state index contributed by atoms with van der Waals surface area (Å²) >= 11 is 3.28. The normalized spacial score (nSPS) is 15.7. The number of aromatic nitrogens is 1. The molecule has 0 saturated carbocycles. The second-order valence-corrected chi connectivity index (χ2v) is 7.28. The molecule has 0 bridgehead atoms. The lowest BCUT2D eigenvalue weighted by molar-refractivity contribution is 0.0935. The van der Waals surface area contributed by atoms with Gasteiger partial charge in [-0.05, 0) is 53.4 Å². The van der Waals surface area contributed by atoms with Crippen LogP contribution in [-0.4, -0.2) is 24.0 Å². The molecule has 1 aliphatic rings. The zero-order valence-electron chi connectivity index (χ0n) is 14.0. The Morgan fingerprint density at radius 1 is 1.28 bits per heavy atom. The van der Waals surface area contributed by atoms with Crippen molar-refractivity contribution in [1.82, 2.24) is 10.3 Å². The molecule has 1 saturated heterocycles. The number of H-pyrrole nitrogens is 1. The van der Waals surface area contributed by atoms with E-state index in [9.17, 15) is 4.79 Å². The fraction of sp³-hybridized carbons (Fsp3) is 0.316. The molecule has 0 spiro atoms. The summed E-state index contributed by atoms with van der Waals surface area (Å²) in [5.41, 5.74) is 4.32. The summed E-state index contributed by atoms with van der Waals surface area (Å²) in [4.78, 5) is 18.0. The van der Waals surface area contributed by atoms with Crippen LogP contribution in [0, 0.1) is 0 Å². The molecule has 130 valence electrons. The standard InChI is InChI=1S/C19H20BrN3O2/c1-12(13-5-4-6-14(9-13)23-7-2-3-8-23)21-19(24)16-10-17-15(22-16)11-18(20)25-17/h4-6,9-12,22H,2-3,7-8H2,1H3,(H,21,24). The van der Waals surface area contributed by atoms with Gasteiger partial charge in [-0.25, -0.2) is 0 Å². The molecule has 4 rings (SSSR count). The van der Waals surface area contributed by atoms with Gasteiger partial charge in [-0.1, -0.05) is 12.1 Å². The average Bonchev–Trinajstić information content (AvgIpc) is 3.30. The van der Waals surface area contributed by atoms with Gasteiger partial charge >= 0.3 is 0 Å². The smallest absolute Gasteiger partial charge is 0.268 e. The number of carbonyl (C=O) groups is 1. The summed E-state index contributed by atoms with van der Waals surface area (Å²) in [5.74, 6) is -0.137. The van der Waals surface area contributed by atoms with E-state index in [1.54, 1.807) is 6.07 Å². The van der Waals surface area contributed by atoms with Gasteiger partial charge in [-0.15, -0.1) is 0 Å². The van der Waals surface area contributed by atoms with Crippen LogP contribution in [0.5, 0.6) is 0 Å². The summed E-state index contributed by atoms with van der Waals surface area (Å²) in [7, 11) is 0. The summed E-state index contributed by atoms with van der Waals surface area (Å²) in [6.45, 7) is 4.23. The van der Waals surface area contributed by atoms with Gasteiger partial charge in [0.25, 0.3) is 5.91 Å². The number of nitrogens with one attached hydrogen (secondary N) is 2. The van der Waals surface area contributed by atoms with Crippen molar-refractivity contribution in [3.8, 4) is 0 Å². The lowest BCUT2D eigenvalue weighted by atomic mass is 10.1. The second kappa shape index (κ2) is 6.59. The Bertz CT molecular complexity index is 877. The minimum absolute atomic E-state index is 0.0728. The highest BCUT2D eigenvalue weighted by atomic mass is 79.9. The Hall–Kier alpha value is -2.21. The van der Waals surface area contributed by atoms with Crippen LogP contribution in [0.15, 0.2) is 45.5 Å². The minimum Gasteiger partial charge on any atom is -0.448 e. The van der Waals surface area contributed by atoms with Crippen molar-refractivity contribution in [3.63, 3.8) is 0 Å². The Labute approximate surface area is 154 Å². The SMILES string of the molecule is CC(NC(=O)c1cc2oc(Br)cc2[nH]1)c1cccc(N2CCCC2)c1. The van der Waals surface area contributed by atoms with Crippen LogP contribution in [0.25, 0.3) is 11.1 Å². The van der Waals surface area contributed by atoms with Crippen molar-refractivity contribution in [2.24, 2.45) is 0 Å². The Kier molecular flexibility index (Phi) is 4.29. The quantitative estimate of drug-likeness (QED) is 0.670. The lowest BCUT2D eigenvalue weighted by Crippen LogP contribution is -2.27. The third kappa shape index (κ3) is 3.31. The highest BCUT2D eigenvalue weighted by Crippen LogP contribution is 2.26. The summed E-state index contributed by atoms with van der Waals surface area (Å²) < 4.78 is 6.11. The molecule has 1 fully saturated rings. The number of aromatic amines is 1. The van der Waals surface area contributed by atoms with Gasteiger partial charge in [0.15, 0.2) is 10.3 Å². The zero-order valence-corrected chi connectivity index (χ0v) is 15.6. The summed E-state index contributed by atoms with van der Waals surface area (Å²) in [5, 5.41) is 3.05. The summed E-state index contributed by atoms with van der Waals surface area (Å²) in [6.07, 6.45) is 2.50. The molecule has 6 heteroatoms. The number of halogens is 1. The van der Waals surface area contributed by atoms with E-state index in [0.29, 0.717) is 15.9 Å². The van der Waals surface area contributed by atoms with Crippen LogP contribution < -0.4 is 10.2 Å². The Morgan fingerprint density at radius 2 is 2.08 bits per heavy atom. The van der Waals surface area contributed by atoms with E-state index >= 15 is 0 Å². The number of amides is 1. The second-order valence-electron chi connectivity index (χ2n) is 6.50. The van der Waals surface area contributed by atoms with Crippen molar-refractivity contribution in [2.75, 3.05) is 18.0 Å². The largest absolute Gasteiger partial charge is 0.448 e. The molecular formula is C19H20BrN3O2. The van der Waals surface area contributed by atoms with Crippen molar-refractivity contribution < 1.29 is 9.21 Å². The molecule has 3 heterocycles. The molecule has 1 unspecified atom stereocenters. The van der Waals surface area contributed by atoms with Gasteiger partial charge in [0, 0.05) is 30.9 Å². The summed E-state index contributed by atoms with van der Waals surface area (Å²) in [6, 6.07) is 11.9. The van der Waals surface area contributed by atoms with Crippen LogP contribution in [-0.2, 0) is 0 Å². The van der Waals surface area contributed by atoms with Crippen LogP contribution in [0.4, 0.5) is 5.69 Å². The van der Waals surface area contributed by atoms with E-state index in [1.807, 2.05) is 13.0 Å². The van der Waals surface area contributed by atoms with E-state index in [4.69, 9.17) is 4.42 Å². The van der Waals surface area contributed by atoms with Gasteiger partial charge in [-0.2, -0.15) is 0 Å². The highest BCUT2D eigenvalue weighted by molar-refractivity contribution is 9.10. The van der Waals surface area contributed by atoms with Crippen LogP contribution in [0.3, 0.4) is 0 Å². The van der Waals surface area contributed by atoms with Crippen LogP contribution in [0.1, 0.15) is 41.9 Å². The molecule has 0 radical (unpaired) electrons. The number of fused-ring (bicyclic) bond motifs is 1. The van der Waals surface area contributed by atoms with Crippen LogP contribution in [0.2, 0.25) is 0 Å². The number of nitrogens with zero attached hydrogens (tertiary/aromatic N) is 1. The zero-order chi connectivity index (χ0) is 17.4. The van der Waals surface area contributed by atoms with Crippen molar-refractivity contribution in [1.29, 1.82) is 0 Å². The first-order chi connectivity index (χ1) is 12.1. The van der Waals surface area contributed by atoms with Crippen LogP contribution >= 0.6 is 15.9 Å². The van der Waals surface area contributed by atoms with Crippen molar-refractivity contribution in [2.45, 2.75) is 25.8 Å². The maximum absolute atomic E-state index is 12.5. The van der Waals surface area contributed by atoms with Crippen molar-refractivity contribution >= 4 is 38.6 Å². The number of furan rings is 1. The Balaban J connectivity index is 1.48. The maximum Gasteiger partial charge on any atom is 0.268 e. The van der Waals surface area contributed by atoms with Gasteiger partial charge < -0.3 is 19.6 Å². The first kappa shape index (κ1) is 16.3. The first-order valence-electron chi connectivity index (χ1n) is 8.54. The maximum atomic E-state index is 12.5. The van der Waals surface area contributed by atoms with E-state index in [2.05, 4.69) is 55.4 Å². The third-order valence-corrected chi connectivity index (χ3v) is 5.10. The van der Waals surface area contributed by atoms with E-state index in [-0.39, 0.29) is 11.9 Å². The van der Waals surface area contributed by atoms with E-state index in [1.165, 1.54) is 18.5 Å². The number of hydrogen-bond donors (Lipinski definition) is 2. The molecule has 2 aromatic heterocycles. The average molecular weight is 402 g/mol. The molecule has 1 amide bonds. The molecular weight excluding hydrogens is 382 g/mol. The molecule has 1 aliphatic heterocycles. The van der Waals surface area contributed by atoms with Gasteiger partial charge in [0.05, 0.1) is 11.6 Å². The van der Waals surface area contributed by atoms with Gasteiger partial charge in [0.2, 0.25) is 0 Å². The fourth-order valence-corrected chi connectivity index (χ4v) is 3.74. The number of benzene rings is 1. The van der Waals surface area contributed by atoms with Gasteiger partial charge in [-0.3, -0.25) is 4.79 Å². The first-order valence-corrected chi connectivity index (χ1v) is 9.33. The van der Waals surface area contributed by atoms with Crippen molar-refractivity contribution in [3.05, 3.63) is 52.3 Å². The van der Waals surface area contributed by atoms with E-state index < -0.39 is 0 Å². The molecule has 25 heavy (non-hydrogen) atoms. The Morgan fingerprint density at radius 3 is 2.84 bits per heavy atom. The lowest BCUT2D eigenvalue weighted by Gasteiger charge is -2.20. The topological polar surface area (TPSA) is 61.3 Å². The molecule has 1 aromatic carbocycles. The number of hydrogen-bond acceptors (Lipinski definition) is 3. The van der Waals surface area contributed by atoms with Gasteiger partial charge in [0.1, 0.15) is 5.69 Å². The number of anilines is 1. The highest BCUT2D eigenvalue weighted by Gasteiger charge is 2.17. The molecule has 1 atom stereocenters. The third-order valence-electron chi connectivity index (χ3n) is 4.71. The van der Waals surface area contributed by atoms with E-state index in [0.717, 1.165) is 24.2 Å². The fourth-order valence-electron chi connectivity index (χ4n) is 3.34. The molecule has 0 aliphatic carbocycles. The predicted octanol–water partition coefficient (Wildman–Crippen LogP) is 4.61. The monoisotopic (exact) mass is 401 g/mol. The predicted molar refractivity (Wildman–Crippen MR) is 102 cm³/mol. The molecule has 5 nitrogen and oxygen atoms in total. The number of carbonyl (C=O) groups excluding carboxylic acids is 1.